The second-order valence-corrected chi connectivity index (χ2v) is 22.2. The van der Waals surface area contributed by atoms with Gasteiger partial charge in [0.05, 0.1) is 16.8 Å². The number of nitrogens with zero attached hydrogens (tertiary/aromatic N) is 1. The number of aryl methyl sites for hydroxylation is 1. The van der Waals surface area contributed by atoms with Crippen molar-refractivity contribution in [2.75, 3.05) is 10.2 Å². The lowest BCUT2D eigenvalue weighted by Crippen LogP contribution is -2.47. The summed E-state index contributed by atoms with van der Waals surface area (Å²) in [4.78, 5) is 2.67. The molecule has 0 amide bonds. The molecule has 0 radical (unpaired) electrons. The molecule has 4 aliphatic rings. The molecule has 0 atom stereocenters. The molecule has 0 aromatic heterocycles. The number of rotatable bonds is 9. The zero-order chi connectivity index (χ0) is 46.6. The quantitative estimate of drug-likeness (QED) is 0.115. The van der Waals surface area contributed by atoms with Crippen LogP contribution < -0.4 is 21.1 Å². The van der Waals surface area contributed by atoms with Gasteiger partial charge in [0.1, 0.15) is 0 Å². The van der Waals surface area contributed by atoms with Crippen molar-refractivity contribution < 1.29 is 0 Å². The molecule has 2 aliphatic heterocycles. The zero-order valence-corrected chi connectivity index (χ0v) is 41.1. The Hall–Kier alpha value is -6.58. The van der Waals surface area contributed by atoms with Crippen molar-refractivity contribution >= 4 is 46.6 Å². The Balaban J connectivity index is 1.13. The van der Waals surface area contributed by atoms with Gasteiger partial charge in [-0.3, -0.25) is 0 Å². The monoisotopic (exact) mass is 883 g/mol. The van der Waals surface area contributed by atoms with Crippen LogP contribution in [0.15, 0.2) is 170 Å². The van der Waals surface area contributed by atoms with Crippen LogP contribution in [0.3, 0.4) is 0 Å². The van der Waals surface area contributed by atoms with Crippen molar-refractivity contribution in [2.24, 2.45) is 0 Å². The lowest BCUT2D eigenvalue weighted by atomic mass is 9.54. The lowest BCUT2D eigenvalue weighted by Gasteiger charge is -2.49. The molecular weight excluding hydrogens is 820 g/mol. The summed E-state index contributed by atoms with van der Waals surface area (Å²) in [6, 6.07) is 65.4. The Morgan fingerprint density at radius 3 is 1.90 bits per heavy atom. The van der Waals surface area contributed by atoms with Crippen LogP contribution in [0.5, 0.6) is 0 Å². The number of nitrogens with one attached hydrogen (secondary N) is 1. The molecule has 2 aliphatic carbocycles. The average Bonchev–Trinajstić information content (AvgIpc) is 3.59. The van der Waals surface area contributed by atoms with Gasteiger partial charge in [-0.25, -0.2) is 0 Å². The Labute approximate surface area is 405 Å². The SMILES string of the molecule is CCCCCc1cc(-c2ccc3c(c2Nc2ccc4c(c2)C(C)(C)CCC4(C)C)-c2ccccc2C3(C)C)c2c(c1)N1c3ccccc3C(c3ccccc3)(c3ccccc3)c3cccc(c31)B2. The first-order valence-electron chi connectivity index (χ1n) is 25.4. The highest BCUT2D eigenvalue weighted by molar-refractivity contribution is 6.73. The first-order valence-corrected chi connectivity index (χ1v) is 25.4. The number of unbranched alkanes of at least 4 members (excludes halogenated alkanes) is 2. The number of benzene rings is 8. The molecule has 0 spiro atoms. The first kappa shape index (κ1) is 42.8. The van der Waals surface area contributed by atoms with E-state index in [2.05, 4.69) is 229 Å². The van der Waals surface area contributed by atoms with Crippen molar-refractivity contribution in [3.63, 3.8) is 0 Å². The molecule has 2 nitrogen and oxygen atoms in total. The largest absolute Gasteiger partial charge is 0.354 e. The van der Waals surface area contributed by atoms with E-state index in [9.17, 15) is 0 Å². The molecule has 2 heterocycles. The van der Waals surface area contributed by atoms with E-state index in [1.165, 1.54) is 132 Å². The van der Waals surface area contributed by atoms with Gasteiger partial charge in [-0.15, -0.1) is 0 Å². The van der Waals surface area contributed by atoms with Crippen LogP contribution in [-0.2, 0) is 28.1 Å². The summed E-state index contributed by atoms with van der Waals surface area (Å²) in [6.07, 6.45) is 6.99. The van der Waals surface area contributed by atoms with Gasteiger partial charge < -0.3 is 10.2 Å². The predicted octanol–water partition coefficient (Wildman–Crippen LogP) is 15.4. The van der Waals surface area contributed by atoms with Crippen molar-refractivity contribution in [3.05, 3.63) is 220 Å². The van der Waals surface area contributed by atoms with Gasteiger partial charge in [0.15, 0.2) is 7.28 Å². The minimum atomic E-state index is -0.504. The second-order valence-electron chi connectivity index (χ2n) is 22.2. The van der Waals surface area contributed by atoms with Crippen molar-refractivity contribution in [2.45, 2.75) is 109 Å². The Kier molecular flexibility index (Phi) is 9.90. The number of anilines is 5. The van der Waals surface area contributed by atoms with Gasteiger partial charge in [-0.05, 0) is 127 Å². The highest BCUT2D eigenvalue weighted by Crippen LogP contribution is 2.59. The maximum Gasteiger partial charge on any atom is 0.198 e. The van der Waals surface area contributed by atoms with Crippen LogP contribution in [0.4, 0.5) is 28.4 Å². The predicted molar refractivity (Wildman–Crippen MR) is 291 cm³/mol. The minimum absolute atomic E-state index is 0.0973. The molecule has 0 bridgehead atoms. The summed E-state index contributed by atoms with van der Waals surface area (Å²) in [5, 5.41) is 4.26. The molecule has 12 rings (SSSR count). The van der Waals surface area contributed by atoms with Crippen LogP contribution >= 0.6 is 0 Å². The smallest absolute Gasteiger partial charge is 0.198 e. The van der Waals surface area contributed by atoms with Gasteiger partial charge in [-0.2, -0.15) is 0 Å². The number of fused-ring (bicyclic) bond motifs is 8. The average molecular weight is 883 g/mol. The minimum Gasteiger partial charge on any atom is -0.354 e. The molecule has 68 heavy (non-hydrogen) atoms. The second kappa shape index (κ2) is 15.7. The molecule has 8 aromatic carbocycles. The fourth-order valence-corrected chi connectivity index (χ4v) is 13.2. The zero-order valence-electron chi connectivity index (χ0n) is 41.1. The van der Waals surface area contributed by atoms with E-state index < -0.39 is 5.41 Å². The summed E-state index contributed by atoms with van der Waals surface area (Å²) in [5.74, 6) is 0. The van der Waals surface area contributed by atoms with E-state index in [4.69, 9.17) is 0 Å². The van der Waals surface area contributed by atoms with Gasteiger partial charge in [-0.1, -0.05) is 212 Å². The van der Waals surface area contributed by atoms with E-state index >= 15 is 0 Å². The summed E-state index contributed by atoms with van der Waals surface area (Å²) in [5.41, 5.74) is 26.3. The highest BCUT2D eigenvalue weighted by atomic mass is 15.2. The van der Waals surface area contributed by atoms with E-state index in [-0.39, 0.29) is 16.2 Å². The van der Waals surface area contributed by atoms with Crippen LogP contribution in [0.25, 0.3) is 22.3 Å². The third-order valence-corrected chi connectivity index (χ3v) is 16.8. The third kappa shape index (κ3) is 6.30. The molecule has 8 aromatic rings. The van der Waals surface area contributed by atoms with Crippen molar-refractivity contribution in [1.29, 1.82) is 0 Å². The lowest BCUT2D eigenvalue weighted by molar-refractivity contribution is 0.332. The van der Waals surface area contributed by atoms with E-state index in [0.29, 0.717) is 0 Å². The van der Waals surface area contributed by atoms with E-state index in [1.54, 1.807) is 0 Å². The molecule has 3 heteroatoms. The first-order chi connectivity index (χ1) is 32.9. The summed E-state index contributed by atoms with van der Waals surface area (Å²) in [6.45, 7) is 16.9. The number of hydrogen-bond donors (Lipinski definition) is 1. The number of hydrogen-bond acceptors (Lipinski definition) is 2. The normalized spacial score (nSPS) is 16.8. The highest BCUT2D eigenvalue weighted by Gasteiger charge is 2.49. The summed E-state index contributed by atoms with van der Waals surface area (Å²) < 4.78 is 0. The van der Waals surface area contributed by atoms with Crippen LogP contribution in [0.2, 0.25) is 0 Å². The van der Waals surface area contributed by atoms with Crippen LogP contribution in [0.1, 0.15) is 131 Å². The maximum absolute atomic E-state index is 4.26. The number of para-hydroxylation sites is 2. The van der Waals surface area contributed by atoms with E-state index in [0.717, 1.165) is 25.8 Å². The van der Waals surface area contributed by atoms with Gasteiger partial charge >= 0.3 is 0 Å². The van der Waals surface area contributed by atoms with Gasteiger partial charge in [0.2, 0.25) is 0 Å². The van der Waals surface area contributed by atoms with Crippen molar-refractivity contribution in [3.8, 4) is 22.3 Å². The standard InChI is InChI=1S/C65H63BN2/c1-8-9-12-22-42-39-48(46-34-36-52-58(47-27-17-18-28-49(47)64(52,6)7)60(46)67-45-33-35-50-54(41-45)63(4,5)38-37-62(50,2)3)59-57(40-42)68-56-32-20-19-29-51(56)65(43-23-13-10-14-24-43,44-25-15-11-16-26-44)53-30-21-31-55(66-59)61(53)68/h10-11,13-21,23-36,39-41,66-67H,8-9,12,22,37-38H2,1-7H3. The Morgan fingerprint density at radius 1 is 0.515 bits per heavy atom. The molecule has 0 saturated carbocycles. The summed E-state index contributed by atoms with van der Waals surface area (Å²) >= 11 is 0. The third-order valence-electron chi connectivity index (χ3n) is 16.8. The van der Waals surface area contributed by atoms with Crippen LogP contribution in [-0.4, -0.2) is 7.28 Å². The molecule has 1 N–H and O–H groups in total. The summed E-state index contributed by atoms with van der Waals surface area (Å²) in [7, 11) is 0.835. The Bertz CT molecular complexity index is 3240. The molecular formula is C65H63BN2. The van der Waals surface area contributed by atoms with E-state index in [1.807, 2.05) is 0 Å². The molecule has 0 fully saturated rings. The molecule has 0 saturated heterocycles. The molecule has 336 valence electrons. The Morgan fingerprint density at radius 2 is 1.16 bits per heavy atom. The fourth-order valence-electron chi connectivity index (χ4n) is 13.2. The van der Waals surface area contributed by atoms with Crippen LogP contribution in [0, 0.1) is 0 Å². The van der Waals surface area contributed by atoms with Crippen molar-refractivity contribution in [1.82, 2.24) is 0 Å². The fraction of sp³-hybridized carbons (Fsp3) is 0.262. The maximum atomic E-state index is 4.26. The van der Waals surface area contributed by atoms with Gasteiger partial charge in [0, 0.05) is 33.6 Å². The topological polar surface area (TPSA) is 15.3 Å². The van der Waals surface area contributed by atoms with Gasteiger partial charge in [0.25, 0.3) is 0 Å². The molecule has 0 unspecified atom stereocenters.